The zero-order chi connectivity index (χ0) is 15.4. The van der Waals surface area contributed by atoms with E-state index in [0.717, 1.165) is 11.1 Å². The van der Waals surface area contributed by atoms with E-state index in [9.17, 15) is 9.50 Å². The Labute approximate surface area is 127 Å². The second-order valence-corrected chi connectivity index (χ2v) is 5.03. The first-order valence-electron chi connectivity index (χ1n) is 6.98. The molecule has 2 aromatic carbocycles. The van der Waals surface area contributed by atoms with Crippen molar-refractivity contribution in [2.75, 3.05) is 0 Å². The Morgan fingerprint density at radius 2 is 1.91 bits per heavy atom. The summed E-state index contributed by atoms with van der Waals surface area (Å²) in [4.78, 5) is 3.92. The molecule has 0 aliphatic heterocycles. The number of hydrogen-bond donors (Lipinski definition) is 2. The monoisotopic (exact) mass is 297 g/mol. The smallest absolute Gasteiger partial charge is 0.147 e. The van der Waals surface area contributed by atoms with Crippen molar-refractivity contribution in [3.63, 3.8) is 0 Å². The highest BCUT2D eigenvalue weighted by Crippen LogP contribution is 2.15. The maximum atomic E-state index is 14.1. The summed E-state index contributed by atoms with van der Waals surface area (Å²) in [5.74, 6) is -0.0373. The van der Waals surface area contributed by atoms with Crippen LogP contribution in [0.3, 0.4) is 0 Å². The number of imidazole rings is 1. The fraction of sp³-hybridized carbons (Fsp3) is 0.118. The van der Waals surface area contributed by atoms with E-state index in [1.54, 1.807) is 47.6 Å². The molecule has 0 amide bonds. The molecule has 0 saturated heterocycles. The van der Waals surface area contributed by atoms with Gasteiger partial charge in [-0.25, -0.2) is 9.37 Å². The van der Waals surface area contributed by atoms with Crippen molar-refractivity contribution in [2.24, 2.45) is 0 Å². The minimum absolute atomic E-state index is 0.245. The van der Waals surface area contributed by atoms with Crippen LogP contribution in [-0.4, -0.2) is 14.7 Å². The van der Waals surface area contributed by atoms with Crippen LogP contribution in [0, 0.1) is 5.82 Å². The average Bonchev–Trinajstić information content (AvgIpc) is 3.01. The lowest BCUT2D eigenvalue weighted by Gasteiger charge is -2.08. The summed E-state index contributed by atoms with van der Waals surface area (Å²) in [5.41, 5.74) is 2.33. The number of phenols is 1. The Bertz CT molecular complexity index is 756. The summed E-state index contributed by atoms with van der Waals surface area (Å²) in [7, 11) is 0. The molecule has 1 aromatic heterocycles. The molecule has 112 valence electrons. The number of benzene rings is 2. The van der Waals surface area contributed by atoms with E-state index >= 15 is 0 Å². The van der Waals surface area contributed by atoms with Gasteiger partial charge in [0.2, 0.25) is 0 Å². The third kappa shape index (κ3) is 3.32. The molecule has 0 radical (unpaired) electrons. The van der Waals surface area contributed by atoms with Crippen molar-refractivity contribution in [2.45, 2.75) is 13.1 Å². The lowest BCUT2D eigenvalue weighted by Crippen LogP contribution is -2.13. The van der Waals surface area contributed by atoms with Crippen molar-refractivity contribution >= 4 is 0 Å². The predicted molar refractivity (Wildman–Crippen MR) is 82.2 cm³/mol. The van der Waals surface area contributed by atoms with Gasteiger partial charge in [0.05, 0.1) is 12.0 Å². The Morgan fingerprint density at radius 3 is 2.59 bits per heavy atom. The van der Waals surface area contributed by atoms with Gasteiger partial charge >= 0.3 is 0 Å². The molecule has 5 heteroatoms. The average molecular weight is 297 g/mol. The number of aromatic nitrogens is 2. The summed E-state index contributed by atoms with van der Waals surface area (Å²) in [6, 6.07) is 12.2. The summed E-state index contributed by atoms with van der Waals surface area (Å²) in [6.45, 7) is 1.16. The molecule has 3 aromatic rings. The van der Waals surface area contributed by atoms with E-state index in [-0.39, 0.29) is 11.6 Å². The van der Waals surface area contributed by atoms with E-state index in [4.69, 9.17) is 0 Å². The van der Waals surface area contributed by atoms with Gasteiger partial charge in [-0.1, -0.05) is 18.2 Å². The van der Waals surface area contributed by atoms with Crippen LogP contribution < -0.4 is 5.32 Å². The summed E-state index contributed by atoms with van der Waals surface area (Å²) >= 11 is 0. The zero-order valence-electron chi connectivity index (χ0n) is 11.9. The molecule has 0 unspecified atom stereocenters. The van der Waals surface area contributed by atoms with Gasteiger partial charge in [0.1, 0.15) is 11.6 Å². The van der Waals surface area contributed by atoms with Gasteiger partial charge in [0.15, 0.2) is 0 Å². The number of hydrogen-bond acceptors (Lipinski definition) is 3. The first kappa shape index (κ1) is 14.3. The van der Waals surface area contributed by atoms with Crippen molar-refractivity contribution in [3.8, 4) is 11.4 Å². The number of nitrogens with one attached hydrogen (secondary N) is 1. The van der Waals surface area contributed by atoms with Crippen LogP contribution in [0.2, 0.25) is 0 Å². The molecule has 1 heterocycles. The number of rotatable bonds is 5. The van der Waals surface area contributed by atoms with Crippen LogP contribution in [-0.2, 0) is 13.1 Å². The largest absolute Gasteiger partial charge is 0.508 e. The molecule has 2 N–H and O–H groups in total. The van der Waals surface area contributed by atoms with E-state index in [0.29, 0.717) is 18.8 Å². The van der Waals surface area contributed by atoms with E-state index < -0.39 is 0 Å². The molecule has 0 saturated carbocycles. The second kappa shape index (κ2) is 6.41. The quantitative estimate of drug-likeness (QED) is 0.761. The van der Waals surface area contributed by atoms with Gasteiger partial charge in [-0.15, -0.1) is 0 Å². The molecule has 22 heavy (non-hydrogen) atoms. The van der Waals surface area contributed by atoms with Crippen LogP contribution in [0.1, 0.15) is 11.1 Å². The molecule has 0 fully saturated rings. The summed E-state index contributed by atoms with van der Waals surface area (Å²) in [6.07, 6.45) is 4.89. The standard InChI is InChI=1S/C17H16FN3O/c18-16-9-14(4-5-17(16)21-7-6-19-12-21)11-20-10-13-2-1-3-15(22)8-13/h1-9,12,20,22H,10-11H2. The Balaban J connectivity index is 1.63. The number of nitrogens with zero attached hydrogens (tertiary/aromatic N) is 2. The molecule has 3 rings (SSSR count). The predicted octanol–water partition coefficient (Wildman–Crippen LogP) is 3.01. The Hall–Kier alpha value is -2.66. The van der Waals surface area contributed by atoms with Crippen molar-refractivity contribution < 1.29 is 9.50 Å². The highest BCUT2D eigenvalue weighted by atomic mass is 19.1. The van der Waals surface area contributed by atoms with Crippen molar-refractivity contribution in [3.05, 3.63) is 78.1 Å². The van der Waals surface area contributed by atoms with Gasteiger partial charge < -0.3 is 15.0 Å². The molecule has 0 spiro atoms. The molecule has 0 atom stereocenters. The number of phenolic OH excluding ortho intramolecular Hbond substituents is 1. The topological polar surface area (TPSA) is 50.1 Å². The number of halogens is 1. The lowest BCUT2D eigenvalue weighted by atomic mass is 10.1. The molecular formula is C17H16FN3O. The van der Waals surface area contributed by atoms with Crippen LogP contribution >= 0.6 is 0 Å². The zero-order valence-corrected chi connectivity index (χ0v) is 11.9. The van der Waals surface area contributed by atoms with Gasteiger partial charge in [0, 0.05) is 25.5 Å². The van der Waals surface area contributed by atoms with E-state index in [1.165, 1.54) is 6.07 Å². The fourth-order valence-corrected chi connectivity index (χ4v) is 2.29. The van der Waals surface area contributed by atoms with Gasteiger partial charge in [-0.2, -0.15) is 0 Å². The Morgan fingerprint density at radius 1 is 1.09 bits per heavy atom. The highest BCUT2D eigenvalue weighted by Gasteiger charge is 2.05. The maximum Gasteiger partial charge on any atom is 0.147 e. The summed E-state index contributed by atoms with van der Waals surface area (Å²) < 4.78 is 15.7. The van der Waals surface area contributed by atoms with Crippen molar-refractivity contribution in [1.29, 1.82) is 0 Å². The van der Waals surface area contributed by atoms with Gasteiger partial charge in [-0.05, 0) is 35.4 Å². The summed E-state index contributed by atoms with van der Waals surface area (Å²) in [5, 5.41) is 12.6. The van der Waals surface area contributed by atoms with Crippen LogP contribution in [0.25, 0.3) is 5.69 Å². The SMILES string of the molecule is Oc1cccc(CNCc2ccc(-n3ccnc3)c(F)c2)c1. The second-order valence-electron chi connectivity index (χ2n) is 5.03. The number of aromatic hydroxyl groups is 1. The molecule has 0 aliphatic rings. The third-order valence-corrected chi connectivity index (χ3v) is 3.36. The third-order valence-electron chi connectivity index (χ3n) is 3.36. The van der Waals surface area contributed by atoms with Crippen LogP contribution in [0.4, 0.5) is 4.39 Å². The minimum atomic E-state index is -0.283. The normalized spacial score (nSPS) is 10.8. The molecule has 0 aliphatic carbocycles. The maximum absolute atomic E-state index is 14.1. The molecule has 4 nitrogen and oxygen atoms in total. The fourth-order valence-electron chi connectivity index (χ4n) is 2.29. The van der Waals surface area contributed by atoms with E-state index in [2.05, 4.69) is 10.3 Å². The molecule has 0 bridgehead atoms. The molecular weight excluding hydrogens is 281 g/mol. The minimum Gasteiger partial charge on any atom is -0.508 e. The van der Waals surface area contributed by atoms with Crippen molar-refractivity contribution in [1.82, 2.24) is 14.9 Å². The van der Waals surface area contributed by atoms with Gasteiger partial charge in [-0.3, -0.25) is 0 Å². The Kier molecular flexibility index (Phi) is 4.16. The van der Waals surface area contributed by atoms with Crippen LogP contribution in [0.5, 0.6) is 5.75 Å². The van der Waals surface area contributed by atoms with Crippen LogP contribution in [0.15, 0.2) is 61.2 Å². The first-order valence-corrected chi connectivity index (χ1v) is 6.98. The van der Waals surface area contributed by atoms with Gasteiger partial charge in [0.25, 0.3) is 0 Å². The lowest BCUT2D eigenvalue weighted by molar-refractivity contribution is 0.474. The first-order chi connectivity index (χ1) is 10.7. The highest BCUT2D eigenvalue weighted by molar-refractivity contribution is 5.36. The van der Waals surface area contributed by atoms with E-state index in [1.807, 2.05) is 12.1 Å².